The van der Waals surface area contributed by atoms with Crippen LogP contribution in [0.4, 0.5) is 0 Å². The van der Waals surface area contributed by atoms with Crippen LogP contribution in [-0.2, 0) is 9.59 Å². The van der Waals surface area contributed by atoms with E-state index in [0.717, 1.165) is 12.8 Å². The third kappa shape index (κ3) is 4.61. The number of hydrogen-bond acceptors (Lipinski definition) is 3. The van der Waals surface area contributed by atoms with Gasteiger partial charge in [-0.15, -0.1) is 0 Å². The molecule has 0 radical (unpaired) electrons. The molecular formula is C11H20O5. The van der Waals surface area contributed by atoms with E-state index in [2.05, 4.69) is 0 Å². The SMILES string of the molecule is CC(C)(CCCCCO)C(C(=O)O)C(=O)O. The van der Waals surface area contributed by atoms with E-state index in [1.807, 2.05) is 0 Å². The average Bonchev–Trinajstić information content (AvgIpc) is 2.10. The van der Waals surface area contributed by atoms with Crippen LogP contribution in [0.2, 0.25) is 0 Å². The predicted molar refractivity (Wildman–Crippen MR) is 58.1 cm³/mol. The number of carboxylic acid groups (broad SMARTS) is 2. The van der Waals surface area contributed by atoms with Gasteiger partial charge in [-0.25, -0.2) is 0 Å². The van der Waals surface area contributed by atoms with Crippen LogP contribution in [0.5, 0.6) is 0 Å². The summed E-state index contributed by atoms with van der Waals surface area (Å²) in [5, 5.41) is 26.3. The predicted octanol–water partition coefficient (Wildman–Crippen LogP) is 1.35. The Labute approximate surface area is 95.1 Å². The maximum atomic E-state index is 10.9. The Morgan fingerprint density at radius 2 is 1.56 bits per heavy atom. The Balaban J connectivity index is 4.36. The van der Waals surface area contributed by atoms with Gasteiger partial charge >= 0.3 is 11.9 Å². The molecule has 3 N–H and O–H groups in total. The van der Waals surface area contributed by atoms with Crippen LogP contribution in [0.15, 0.2) is 0 Å². The van der Waals surface area contributed by atoms with Crippen molar-refractivity contribution in [2.75, 3.05) is 6.61 Å². The molecule has 0 bridgehead atoms. The summed E-state index contributed by atoms with van der Waals surface area (Å²) in [6, 6.07) is 0. The van der Waals surface area contributed by atoms with E-state index in [0.29, 0.717) is 12.8 Å². The van der Waals surface area contributed by atoms with Crippen molar-refractivity contribution in [2.24, 2.45) is 11.3 Å². The zero-order valence-electron chi connectivity index (χ0n) is 9.77. The molecule has 0 amide bonds. The van der Waals surface area contributed by atoms with Gasteiger partial charge in [-0.05, 0) is 18.3 Å². The fourth-order valence-corrected chi connectivity index (χ4v) is 1.79. The lowest BCUT2D eigenvalue weighted by Gasteiger charge is -2.28. The van der Waals surface area contributed by atoms with Crippen molar-refractivity contribution in [2.45, 2.75) is 39.5 Å². The molecule has 0 aromatic carbocycles. The summed E-state index contributed by atoms with van der Waals surface area (Å²) in [7, 11) is 0. The lowest BCUT2D eigenvalue weighted by atomic mass is 9.75. The number of aliphatic hydroxyl groups excluding tert-OH is 1. The largest absolute Gasteiger partial charge is 0.481 e. The Kier molecular flexibility index (Phi) is 6.03. The molecule has 0 aliphatic rings. The van der Waals surface area contributed by atoms with Crippen molar-refractivity contribution in [3.63, 3.8) is 0 Å². The van der Waals surface area contributed by atoms with E-state index >= 15 is 0 Å². The normalized spacial score (nSPS) is 11.8. The maximum Gasteiger partial charge on any atom is 0.318 e. The van der Waals surface area contributed by atoms with Crippen molar-refractivity contribution in [1.82, 2.24) is 0 Å². The first kappa shape index (κ1) is 14.9. The van der Waals surface area contributed by atoms with E-state index in [1.165, 1.54) is 0 Å². The molecule has 0 saturated carbocycles. The summed E-state index contributed by atoms with van der Waals surface area (Å²) >= 11 is 0. The highest BCUT2D eigenvalue weighted by atomic mass is 16.4. The minimum Gasteiger partial charge on any atom is -0.481 e. The van der Waals surface area contributed by atoms with Gasteiger partial charge in [0.15, 0.2) is 5.92 Å². The molecule has 0 fully saturated rings. The summed E-state index contributed by atoms with van der Waals surface area (Å²) in [6.07, 6.45) is 2.70. The van der Waals surface area contributed by atoms with Gasteiger partial charge < -0.3 is 15.3 Å². The number of hydrogen-bond donors (Lipinski definition) is 3. The van der Waals surface area contributed by atoms with E-state index < -0.39 is 23.3 Å². The fraction of sp³-hybridized carbons (Fsp3) is 0.818. The van der Waals surface area contributed by atoms with Gasteiger partial charge in [-0.3, -0.25) is 9.59 Å². The van der Waals surface area contributed by atoms with Crippen LogP contribution in [0.25, 0.3) is 0 Å². The second kappa shape index (κ2) is 6.48. The zero-order chi connectivity index (χ0) is 12.8. The molecule has 0 heterocycles. The molecular weight excluding hydrogens is 212 g/mol. The Bertz CT molecular complexity index is 233. The highest BCUT2D eigenvalue weighted by molar-refractivity contribution is 5.93. The fourth-order valence-electron chi connectivity index (χ4n) is 1.79. The summed E-state index contributed by atoms with van der Waals surface area (Å²) in [5.41, 5.74) is -0.771. The van der Waals surface area contributed by atoms with Gasteiger partial charge in [-0.2, -0.15) is 0 Å². The van der Waals surface area contributed by atoms with Crippen LogP contribution in [-0.4, -0.2) is 33.9 Å². The third-order valence-corrected chi connectivity index (χ3v) is 2.75. The summed E-state index contributed by atoms with van der Waals surface area (Å²) in [6.45, 7) is 3.42. The summed E-state index contributed by atoms with van der Waals surface area (Å²) < 4.78 is 0. The standard InChI is InChI=1S/C11H20O5/c1-11(2,6-4-3-5-7-12)8(9(13)14)10(15)16/h8,12H,3-7H2,1-2H3,(H,13,14)(H,15,16). The monoisotopic (exact) mass is 232 g/mol. The maximum absolute atomic E-state index is 10.9. The van der Waals surface area contributed by atoms with Gasteiger partial charge in [0, 0.05) is 6.61 Å². The van der Waals surface area contributed by atoms with E-state index in [-0.39, 0.29) is 6.61 Å². The lowest BCUT2D eigenvalue weighted by Crippen LogP contribution is -2.37. The van der Waals surface area contributed by atoms with Crippen molar-refractivity contribution >= 4 is 11.9 Å². The van der Waals surface area contributed by atoms with E-state index in [4.69, 9.17) is 15.3 Å². The molecule has 0 aromatic rings. The highest BCUT2D eigenvalue weighted by Gasteiger charge is 2.40. The lowest BCUT2D eigenvalue weighted by molar-refractivity contribution is -0.160. The first-order chi connectivity index (χ1) is 7.33. The zero-order valence-corrected chi connectivity index (χ0v) is 9.77. The van der Waals surface area contributed by atoms with Gasteiger partial charge in [0.25, 0.3) is 0 Å². The van der Waals surface area contributed by atoms with Crippen molar-refractivity contribution in [3.05, 3.63) is 0 Å². The minimum absolute atomic E-state index is 0.113. The second-order valence-electron chi connectivity index (χ2n) is 4.63. The molecule has 0 rings (SSSR count). The van der Waals surface area contributed by atoms with E-state index in [9.17, 15) is 9.59 Å². The quantitative estimate of drug-likeness (QED) is 0.433. The molecule has 0 saturated heterocycles. The summed E-state index contributed by atoms with van der Waals surface area (Å²) in [4.78, 5) is 21.7. The number of carboxylic acids is 2. The molecule has 0 unspecified atom stereocenters. The highest BCUT2D eigenvalue weighted by Crippen LogP contribution is 2.33. The molecule has 5 nitrogen and oxygen atoms in total. The first-order valence-corrected chi connectivity index (χ1v) is 5.39. The molecule has 5 heteroatoms. The number of aliphatic carboxylic acids is 2. The Morgan fingerprint density at radius 1 is 1.06 bits per heavy atom. The molecule has 16 heavy (non-hydrogen) atoms. The van der Waals surface area contributed by atoms with Crippen molar-refractivity contribution in [1.29, 1.82) is 0 Å². The Hall–Kier alpha value is -1.10. The number of rotatable bonds is 8. The first-order valence-electron chi connectivity index (χ1n) is 5.39. The van der Waals surface area contributed by atoms with Gasteiger partial charge in [0.2, 0.25) is 0 Å². The number of aliphatic hydroxyl groups is 1. The van der Waals surface area contributed by atoms with Crippen molar-refractivity contribution < 1.29 is 24.9 Å². The smallest absolute Gasteiger partial charge is 0.318 e. The molecule has 94 valence electrons. The average molecular weight is 232 g/mol. The molecule has 0 spiro atoms. The van der Waals surface area contributed by atoms with Crippen LogP contribution in [0.1, 0.15) is 39.5 Å². The Morgan fingerprint density at radius 3 is 1.94 bits per heavy atom. The summed E-state index contributed by atoms with van der Waals surface area (Å²) in [5.74, 6) is -3.96. The molecule has 0 atom stereocenters. The van der Waals surface area contributed by atoms with Crippen molar-refractivity contribution in [3.8, 4) is 0 Å². The molecule has 0 aliphatic carbocycles. The molecule has 0 aromatic heterocycles. The third-order valence-electron chi connectivity index (χ3n) is 2.75. The number of unbranched alkanes of at least 4 members (excludes halogenated alkanes) is 2. The van der Waals surface area contributed by atoms with Crippen LogP contribution >= 0.6 is 0 Å². The van der Waals surface area contributed by atoms with Crippen LogP contribution in [0, 0.1) is 11.3 Å². The van der Waals surface area contributed by atoms with E-state index in [1.54, 1.807) is 13.8 Å². The van der Waals surface area contributed by atoms with Crippen LogP contribution < -0.4 is 0 Å². The van der Waals surface area contributed by atoms with Gasteiger partial charge in [0.05, 0.1) is 0 Å². The van der Waals surface area contributed by atoms with Crippen LogP contribution in [0.3, 0.4) is 0 Å². The van der Waals surface area contributed by atoms with Gasteiger partial charge in [-0.1, -0.05) is 26.7 Å². The number of carbonyl (C=O) groups is 2. The van der Waals surface area contributed by atoms with Gasteiger partial charge in [0.1, 0.15) is 0 Å². The second-order valence-corrected chi connectivity index (χ2v) is 4.63. The minimum atomic E-state index is -1.37. The molecule has 0 aliphatic heterocycles. The topological polar surface area (TPSA) is 94.8 Å².